The van der Waals surface area contributed by atoms with Crippen LogP contribution in [0, 0.1) is 6.92 Å². The molecule has 0 aliphatic carbocycles. The van der Waals surface area contributed by atoms with Gasteiger partial charge in [0.15, 0.2) is 0 Å². The van der Waals surface area contributed by atoms with Crippen molar-refractivity contribution in [3.8, 4) is 0 Å². The average Bonchev–Trinajstić information content (AvgIpc) is 3.11. The first kappa shape index (κ1) is 18.6. The van der Waals surface area contributed by atoms with Crippen LogP contribution in [0.5, 0.6) is 0 Å². The minimum atomic E-state index is -3.58. The van der Waals surface area contributed by atoms with Crippen LogP contribution < -0.4 is 4.72 Å². The van der Waals surface area contributed by atoms with Gasteiger partial charge in [0.05, 0.1) is 10.9 Å². The van der Waals surface area contributed by atoms with E-state index in [1.54, 1.807) is 19.1 Å². The van der Waals surface area contributed by atoms with E-state index >= 15 is 0 Å². The van der Waals surface area contributed by atoms with Crippen molar-refractivity contribution < 1.29 is 13.2 Å². The normalized spacial score (nSPS) is 17.5. The highest BCUT2D eigenvalue weighted by Gasteiger charge is 2.31. The number of rotatable bonds is 5. The van der Waals surface area contributed by atoms with Crippen LogP contribution in [0.15, 0.2) is 53.4 Å². The van der Waals surface area contributed by atoms with E-state index in [4.69, 9.17) is 0 Å². The van der Waals surface area contributed by atoms with Crippen molar-refractivity contribution in [2.75, 3.05) is 13.1 Å². The molecule has 1 fully saturated rings. The summed E-state index contributed by atoms with van der Waals surface area (Å²) in [6.07, 6.45) is 1.86. The summed E-state index contributed by atoms with van der Waals surface area (Å²) >= 11 is 0. The van der Waals surface area contributed by atoms with Crippen LogP contribution in [0.3, 0.4) is 0 Å². The summed E-state index contributed by atoms with van der Waals surface area (Å²) < 4.78 is 26.9. The molecule has 0 radical (unpaired) electrons. The molecule has 1 unspecified atom stereocenters. The van der Waals surface area contributed by atoms with Crippen molar-refractivity contribution in [1.29, 1.82) is 0 Å². The molecule has 1 aliphatic heterocycles. The molecule has 2 aromatic rings. The number of nitrogens with one attached hydrogen (secondary N) is 1. The molecule has 138 valence electrons. The predicted molar refractivity (Wildman–Crippen MR) is 101 cm³/mol. The summed E-state index contributed by atoms with van der Waals surface area (Å²) in [5, 5.41) is 0. The van der Waals surface area contributed by atoms with Gasteiger partial charge in [0.1, 0.15) is 0 Å². The molecule has 0 aromatic heterocycles. The molecular formula is C20H24N2O3S. The van der Waals surface area contributed by atoms with E-state index in [1.807, 2.05) is 11.8 Å². The lowest BCUT2D eigenvalue weighted by Crippen LogP contribution is -2.31. The third kappa shape index (κ3) is 3.81. The zero-order chi connectivity index (χ0) is 18.7. The summed E-state index contributed by atoms with van der Waals surface area (Å²) in [7, 11) is -3.58. The molecule has 0 spiro atoms. The van der Waals surface area contributed by atoms with Crippen molar-refractivity contribution in [2.24, 2.45) is 0 Å². The highest BCUT2D eigenvalue weighted by atomic mass is 32.2. The largest absolute Gasteiger partial charge is 0.332 e. The Labute approximate surface area is 155 Å². The molecule has 0 saturated carbocycles. The van der Waals surface area contributed by atoms with Gasteiger partial charge < -0.3 is 4.90 Å². The van der Waals surface area contributed by atoms with Crippen LogP contribution >= 0.6 is 0 Å². The number of benzene rings is 2. The SMILES string of the molecule is CCNS(=O)(=O)c1cccc(C(=O)N2CCCC2c2ccc(C)cc2)c1. The fourth-order valence-corrected chi connectivity index (χ4v) is 4.47. The van der Waals surface area contributed by atoms with Crippen LogP contribution in [0.1, 0.15) is 47.3 Å². The fourth-order valence-electron chi connectivity index (χ4n) is 3.38. The molecule has 1 aliphatic rings. The van der Waals surface area contributed by atoms with Crippen LogP contribution in [0.4, 0.5) is 0 Å². The second-order valence-electron chi connectivity index (χ2n) is 6.60. The zero-order valence-electron chi connectivity index (χ0n) is 15.1. The maximum atomic E-state index is 13.0. The van der Waals surface area contributed by atoms with Gasteiger partial charge in [-0.3, -0.25) is 4.79 Å². The number of sulfonamides is 1. The number of hydrogen-bond donors (Lipinski definition) is 1. The summed E-state index contributed by atoms with van der Waals surface area (Å²) in [5.74, 6) is -0.123. The van der Waals surface area contributed by atoms with Crippen LogP contribution in [0.25, 0.3) is 0 Å². The average molecular weight is 372 g/mol. The van der Waals surface area contributed by atoms with E-state index < -0.39 is 10.0 Å². The molecular weight excluding hydrogens is 348 g/mol. The lowest BCUT2D eigenvalue weighted by atomic mass is 10.0. The first-order valence-electron chi connectivity index (χ1n) is 8.89. The van der Waals surface area contributed by atoms with Gasteiger partial charge in [0.25, 0.3) is 5.91 Å². The second kappa shape index (κ2) is 7.60. The Balaban J connectivity index is 1.88. The smallest absolute Gasteiger partial charge is 0.254 e. The fraction of sp³-hybridized carbons (Fsp3) is 0.350. The van der Waals surface area contributed by atoms with Gasteiger partial charge in [-0.05, 0) is 43.5 Å². The summed E-state index contributed by atoms with van der Waals surface area (Å²) in [6, 6.07) is 14.6. The van der Waals surface area contributed by atoms with Crippen molar-refractivity contribution in [2.45, 2.75) is 37.6 Å². The number of hydrogen-bond acceptors (Lipinski definition) is 3. The minimum absolute atomic E-state index is 0.0390. The molecule has 0 bridgehead atoms. The van der Waals surface area contributed by atoms with Gasteiger partial charge in [-0.1, -0.05) is 42.8 Å². The predicted octanol–water partition coefficient (Wildman–Crippen LogP) is 3.27. The molecule has 5 nitrogen and oxygen atoms in total. The molecule has 1 saturated heterocycles. The third-order valence-electron chi connectivity index (χ3n) is 4.70. The Kier molecular flexibility index (Phi) is 5.44. The maximum absolute atomic E-state index is 13.0. The number of amides is 1. The van der Waals surface area contributed by atoms with Crippen molar-refractivity contribution >= 4 is 15.9 Å². The van der Waals surface area contributed by atoms with Crippen molar-refractivity contribution in [1.82, 2.24) is 9.62 Å². The Morgan fingerprint density at radius 2 is 1.92 bits per heavy atom. The van der Waals surface area contributed by atoms with Gasteiger partial charge in [-0.25, -0.2) is 13.1 Å². The zero-order valence-corrected chi connectivity index (χ0v) is 15.9. The molecule has 1 heterocycles. The molecule has 1 N–H and O–H groups in total. The quantitative estimate of drug-likeness (QED) is 0.876. The monoisotopic (exact) mass is 372 g/mol. The van der Waals surface area contributed by atoms with Crippen LogP contribution in [-0.2, 0) is 10.0 Å². The first-order valence-corrected chi connectivity index (χ1v) is 10.4. The number of likely N-dealkylation sites (tertiary alicyclic amines) is 1. The Morgan fingerprint density at radius 1 is 1.19 bits per heavy atom. The van der Waals surface area contributed by atoms with E-state index in [2.05, 4.69) is 29.0 Å². The summed E-state index contributed by atoms with van der Waals surface area (Å²) in [5.41, 5.74) is 2.71. The molecule has 26 heavy (non-hydrogen) atoms. The maximum Gasteiger partial charge on any atom is 0.254 e. The molecule has 1 amide bonds. The van der Waals surface area contributed by atoms with Gasteiger partial charge in [0, 0.05) is 18.7 Å². The minimum Gasteiger partial charge on any atom is -0.332 e. The van der Waals surface area contributed by atoms with Gasteiger partial charge in [-0.2, -0.15) is 0 Å². The highest BCUT2D eigenvalue weighted by Crippen LogP contribution is 2.33. The standard InChI is InChI=1S/C20H24N2O3S/c1-3-21-26(24,25)18-7-4-6-17(14-18)20(23)22-13-5-8-19(22)16-11-9-15(2)10-12-16/h4,6-7,9-12,14,19,21H,3,5,8,13H2,1-2H3. The van der Waals surface area contributed by atoms with E-state index in [0.717, 1.165) is 18.4 Å². The number of nitrogens with zero attached hydrogens (tertiary/aromatic N) is 1. The Bertz CT molecular complexity index is 892. The van der Waals surface area contributed by atoms with Gasteiger partial charge in [-0.15, -0.1) is 0 Å². The van der Waals surface area contributed by atoms with Gasteiger partial charge >= 0.3 is 0 Å². The summed E-state index contributed by atoms with van der Waals surface area (Å²) in [6.45, 7) is 4.75. The molecule has 3 rings (SSSR count). The number of aryl methyl sites for hydroxylation is 1. The Hall–Kier alpha value is -2.18. The number of carbonyl (C=O) groups is 1. The van der Waals surface area contributed by atoms with E-state index in [-0.39, 0.29) is 16.8 Å². The van der Waals surface area contributed by atoms with Crippen LogP contribution in [-0.4, -0.2) is 32.3 Å². The van der Waals surface area contributed by atoms with Crippen LogP contribution in [0.2, 0.25) is 0 Å². The first-order chi connectivity index (χ1) is 12.4. The topological polar surface area (TPSA) is 66.5 Å². The van der Waals surface area contributed by atoms with E-state index in [9.17, 15) is 13.2 Å². The third-order valence-corrected chi connectivity index (χ3v) is 6.24. The molecule has 6 heteroatoms. The Morgan fingerprint density at radius 3 is 2.62 bits per heavy atom. The second-order valence-corrected chi connectivity index (χ2v) is 8.36. The van der Waals surface area contributed by atoms with E-state index in [0.29, 0.717) is 18.7 Å². The van der Waals surface area contributed by atoms with Crippen molar-refractivity contribution in [3.63, 3.8) is 0 Å². The lowest BCUT2D eigenvalue weighted by molar-refractivity contribution is 0.0735. The molecule has 1 atom stereocenters. The lowest BCUT2D eigenvalue weighted by Gasteiger charge is -2.25. The van der Waals surface area contributed by atoms with Gasteiger partial charge in [0.2, 0.25) is 10.0 Å². The highest BCUT2D eigenvalue weighted by molar-refractivity contribution is 7.89. The van der Waals surface area contributed by atoms with Crippen molar-refractivity contribution in [3.05, 3.63) is 65.2 Å². The molecule has 2 aromatic carbocycles. The van der Waals surface area contributed by atoms with E-state index in [1.165, 1.54) is 17.7 Å². The number of carbonyl (C=O) groups excluding carboxylic acids is 1. The summed E-state index contributed by atoms with van der Waals surface area (Å²) in [4.78, 5) is 15.0.